The number of rotatable bonds is 6. The van der Waals surface area contributed by atoms with Crippen molar-refractivity contribution >= 4 is 17.2 Å². The van der Waals surface area contributed by atoms with Crippen LogP contribution in [0.2, 0.25) is 0 Å². The molecule has 2 aromatic heterocycles. The van der Waals surface area contributed by atoms with E-state index in [-0.39, 0.29) is 0 Å². The Bertz CT molecular complexity index is 1190. The predicted molar refractivity (Wildman–Crippen MR) is 134 cm³/mol. The molecule has 0 amide bonds. The number of anilines is 1. The Hall–Kier alpha value is -3.21. The Balaban J connectivity index is 1.82. The SMILES string of the molecule is C=C/C=C(\C=C)c1cccc(-c2nc3nc(C)c(CC)c(N4CCC(C)(C)CC4)n3n2)c1. The number of nitrogens with zero attached hydrogens (tertiary/aromatic N) is 5. The molecule has 0 saturated carbocycles. The van der Waals surface area contributed by atoms with Crippen LogP contribution in [-0.2, 0) is 6.42 Å². The minimum Gasteiger partial charge on any atom is -0.356 e. The molecule has 5 heteroatoms. The van der Waals surface area contributed by atoms with Gasteiger partial charge in [0, 0.05) is 29.9 Å². The fourth-order valence-corrected chi connectivity index (χ4v) is 4.46. The number of hydrogen-bond donors (Lipinski definition) is 0. The predicted octanol–water partition coefficient (Wildman–Crippen LogP) is 6.04. The molecule has 32 heavy (non-hydrogen) atoms. The molecule has 4 rings (SSSR count). The first-order valence-electron chi connectivity index (χ1n) is 11.4. The molecule has 0 unspecified atom stereocenters. The summed E-state index contributed by atoms with van der Waals surface area (Å²) in [6.45, 7) is 18.8. The van der Waals surface area contributed by atoms with Crippen LogP contribution in [0.15, 0.2) is 55.7 Å². The maximum absolute atomic E-state index is 4.95. The van der Waals surface area contributed by atoms with E-state index in [1.165, 1.54) is 18.4 Å². The second kappa shape index (κ2) is 8.73. The van der Waals surface area contributed by atoms with Gasteiger partial charge in [-0.2, -0.15) is 9.50 Å². The van der Waals surface area contributed by atoms with E-state index in [0.717, 1.165) is 47.7 Å². The van der Waals surface area contributed by atoms with E-state index in [1.54, 1.807) is 6.08 Å². The first kappa shape index (κ1) is 22.0. The van der Waals surface area contributed by atoms with Crippen molar-refractivity contribution < 1.29 is 0 Å². The summed E-state index contributed by atoms with van der Waals surface area (Å²) in [4.78, 5) is 12.1. The molecule has 0 radical (unpaired) electrons. The lowest BCUT2D eigenvalue weighted by molar-refractivity contribution is 0.278. The number of aryl methyl sites for hydroxylation is 1. The molecule has 1 fully saturated rings. The summed E-state index contributed by atoms with van der Waals surface area (Å²) in [7, 11) is 0. The molecular formula is C27H33N5. The van der Waals surface area contributed by atoms with E-state index in [0.29, 0.717) is 17.0 Å². The summed E-state index contributed by atoms with van der Waals surface area (Å²) in [6.07, 6.45) is 8.83. The molecule has 0 atom stereocenters. The molecule has 0 N–H and O–H groups in total. The molecule has 0 aliphatic carbocycles. The third kappa shape index (κ3) is 4.12. The molecule has 1 aliphatic heterocycles. The van der Waals surface area contributed by atoms with Crippen LogP contribution in [-0.4, -0.2) is 32.7 Å². The minimum absolute atomic E-state index is 0.389. The van der Waals surface area contributed by atoms with Crippen molar-refractivity contribution in [3.63, 3.8) is 0 Å². The van der Waals surface area contributed by atoms with Crippen LogP contribution >= 0.6 is 0 Å². The first-order chi connectivity index (χ1) is 15.4. The zero-order valence-corrected chi connectivity index (χ0v) is 19.7. The van der Waals surface area contributed by atoms with Crippen molar-refractivity contribution in [2.45, 2.75) is 47.0 Å². The lowest BCUT2D eigenvalue weighted by Crippen LogP contribution is -2.39. The van der Waals surface area contributed by atoms with Gasteiger partial charge in [0.15, 0.2) is 5.82 Å². The zero-order chi connectivity index (χ0) is 22.9. The van der Waals surface area contributed by atoms with Gasteiger partial charge in [0.25, 0.3) is 5.78 Å². The molecule has 3 heterocycles. The Labute approximate surface area is 191 Å². The topological polar surface area (TPSA) is 46.3 Å². The van der Waals surface area contributed by atoms with Gasteiger partial charge in [0.05, 0.1) is 0 Å². The molecule has 1 aliphatic rings. The molecule has 3 aromatic rings. The van der Waals surface area contributed by atoms with Crippen LogP contribution in [0.25, 0.3) is 22.7 Å². The van der Waals surface area contributed by atoms with Crippen molar-refractivity contribution in [2.24, 2.45) is 5.41 Å². The van der Waals surface area contributed by atoms with E-state index < -0.39 is 0 Å². The standard InChI is InChI=1S/C27H33N5/c1-7-11-20(8-2)21-12-10-13-22(18-21)24-29-26-28-19(4)23(9-3)25(32(26)30-24)31-16-14-27(5,6)15-17-31/h7-8,10-13,18H,1-2,9,14-17H2,3-6H3/b20-11+. The number of hydrogen-bond acceptors (Lipinski definition) is 4. The number of allylic oxidation sites excluding steroid dienone is 4. The van der Waals surface area contributed by atoms with Gasteiger partial charge in [-0.1, -0.05) is 70.4 Å². The van der Waals surface area contributed by atoms with E-state index >= 15 is 0 Å². The van der Waals surface area contributed by atoms with Gasteiger partial charge in [0.2, 0.25) is 0 Å². The molecule has 1 saturated heterocycles. The summed E-state index contributed by atoms with van der Waals surface area (Å²) in [5, 5.41) is 4.95. The van der Waals surface area contributed by atoms with Crippen LogP contribution in [0.1, 0.15) is 50.4 Å². The van der Waals surface area contributed by atoms with Crippen LogP contribution < -0.4 is 4.90 Å². The second-order valence-corrected chi connectivity index (χ2v) is 9.29. The Morgan fingerprint density at radius 1 is 1.16 bits per heavy atom. The largest absolute Gasteiger partial charge is 0.356 e. The van der Waals surface area contributed by atoms with E-state index in [1.807, 2.05) is 28.8 Å². The van der Waals surface area contributed by atoms with Gasteiger partial charge in [-0.05, 0) is 48.8 Å². The van der Waals surface area contributed by atoms with Gasteiger partial charge < -0.3 is 4.90 Å². The summed E-state index contributed by atoms with van der Waals surface area (Å²) in [5.74, 6) is 2.50. The van der Waals surface area contributed by atoms with Crippen molar-refractivity contribution in [1.82, 2.24) is 19.6 Å². The minimum atomic E-state index is 0.389. The Morgan fingerprint density at radius 2 is 1.91 bits per heavy atom. The van der Waals surface area contributed by atoms with Gasteiger partial charge in [-0.3, -0.25) is 0 Å². The molecule has 166 valence electrons. The average molecular weight is 428 g/mol. The Morgan fingerprint density at radius 3 is 2.56 bits per heavy atom. The summed E-state index contributed by atoms with van der Waals surface area (Å²) in [5.41, 5.74) is 5.73. The number of aromatic nitrogens is 4. The fraction of sp³-hybridized carbons (Fsp3) is 0.370. The molecule has 1 aromatic carbocycles. The average Bonchev–Trinajstić information content (AvgIpc) is 3.20. The lowest BCUT2D eigenvalue weighted by atomic mass is 9.82. The highest BCUT2D eigenvalue weighted by Gasteiger charge is 2.29. The smallest absolute Gasteiger partial charge is 0.254 e. The fourth-order valence-electron chi connectivity index (χ4n) is 4.46. The lowest BCUT2D eigenvalue weighted by Gasteiger charge is -2.38. The summed E-state index contributed by atoms with van der Waals surface area (Å²) < 4.78 is 1.96. The van der Waals surface area contributed by atoms with Crippen molar-refractivity contribution in [2.75, 3.05) is 18.0 Å². The van der Waals surface area contributed by atoms with E-state index in [2.05, 4.69) is 57.9 Å². The number of piperidine rings is 1. The highest BCUT2D eigenvalue weighted by Crippen LogP contribution is 2.34. The summed E-state index contributed by atoms with van der Waals surface area (Å²) in [6, 6.07) is 8.24. The Kier molecular flexibility index (Phi) is 6.00. The number of fused-ring (bicyclic) bond motifs is 1. The molecule has 0 bridgehead atoms. The molecule has 0 spiro atoms. The monoisotopic (exact) mass is 427 g/mol. The number of benzene rings is 1. The van der Waals surface area contributed by atoms with Crippen molar-refractivity contribution in [3.8, 4) is 11.4 Å². The maximum atomic E-state index is 4.95. The van der Waals surface area contributed by atoms with Gasteiger partial charge in [-0.15, -0.1) is 5.10 Å². The van der Waals surface area contributed by atoms with Crippen LogP contribution in [0.4, 0.5) is 5.82 Å². The van der Waals surface area contributed by atoms with Crippen LogP contribution in [0.3, 0.4) is 0 Å². The van der Waals surface area contributed by atoms with Gasteiger partial charge in [0.1, 0.15) is 5.82 Å². The van der Waals surface area contributed by atoms with Gasteiger partial charge >= 0.3 is 0 Å². The highest BCUT2D eigenvalue weighted by atomic mass is 15.4. The molecular weight excluding hydrogens is 394 g/mol. The molecule has 5 nitrogen and oxygen atoms in total. The van der Waals surface area contributed by atoms with Crippen molar-refractivity contribution in [1.29, 1.82) is 0 Å². The van der Waals surface area contributed by atoms with Crippen molar-refractivity contribution in [3.05, 3.63) is 72.5 Å². The quantitative estimate of drug-likeness (QED) is 0.450. The third-order valence-electron chi connectivity index (χ3n) is 6.51. The van der Waals surface area contributed by atoms with Gasteiger partial charge in [-0.25, -0.2) is 4.98 Å². The maximum Gasteiger partial charge on any atom is 0.254 e. The van der Waals surface area contributed by atoms with Crippen LogP contribution in [0, 0.1) is 12.3 Å². The second-order valence-electron chi connectivity index (χ2n) is 9.29. The first-order valence-corrected chi connectivity index (χ1v) is 11.4. The third-order valence-corrected chi connectivity index (χ3v) is 6.51. The van der Waals surface area contributed by atoms with E-state index in [4.69, 9.17) is 15.1 Å². The normalized spacial score (nSPS) is 16.4. The summed E-state index contributed by atoms with van der Waals surface area (Å²) >= 11 is 0. The van der Waals surface area contributed by atoms with E-state index in [9.17, 15) is 0 Å². The van der Waals surface area contributed by atoms with Crippen LogP contribution in [0.5, 0.6) is 0 Å². The highest BCUT2D eigenvalue weighted by molar-refractivity contribution is 5.77. The zero-order valence-electron chi connectivity index (χ0n) is 19.7.